The largest absolute Gasteiger partial charge is 0.474 e. The number of nitrogens with zero attached hydrogens (tertiary/aromatic N) is 5. The summed E-state index contributed by atoms with van der Waals surface area (Å²) in [6.45, 7) is 4.34. The van der Waals surface area contributed by atoms with Crippen LogP contribution in [0.4, 0.5) is 14.7 Å². The lowest BCUT2D eigenvalue weighted by Gasteiger charge is -2.33. The lowest BCUT2D eigenvalue weighted by Crippen LogP contribution is -2.47. The van der Waals surface area contributed by atoms with Crippen LogP contribution in [0.15, 0.2) is 30.3 Å². The molecule has 0 atom stereocenters. The maximum atomic E-state index is 14.1. The quantitative estimate of drug-likeness (QED) is 0.331. The van der Waals surface area contributed by atoms with Crippen molar-refractivity contribution in [3.63, 3.8) is 0 Å². The number of morpholine rings is 1. The van der Waals surface area contributed by atoms with E-state index in [0.29, 0.717) is 49.2 Å². The van der Waals surface area contributed by atoms with Gasteiger partial charge >= 0.3 is 0 Å². The highest BCUT2D eigenvalue weighted by molar-refractivity contribution is 5.78. The Kier molecular flexibility index (Phi) is 9.24. The summed E-state index contributed by atoms with van der Waals surface area (Å²) >= 11 is 0. The number of ether oxygens (including phenoxy) is 2. The average molecular weight is 614 g/mol. The van der Waals surface area contributed by atoms with Gasteiger partial charge in [0.2, 0.25) is 17.7 Å². The fourth-order valence-corrected chi connectivity index (χ4v) is 6.37. The zero-order chi connectivity index (χ0) is 30.7. The molecule has 3 heterocycles. The molecular formula is C31H41F2N7O4. The number of carbonyl (C=O) groups is 1. The summed E-state index contributed by atoms with van der Waals surface area (Å²) in [4.78, 5) is 28.1. The second-order valence-corrected chi connectivity index (χ2v) is 12.4. The van der Waals surface area contributed by atoms with Crippen LogP contribution in [0.2, 0.25) is 0 Å². The number of para-hydroxylation sites is 2. The minimum atomic E-state index is -2.80. The first kappa shape index (κ1) is 30.6. The molecule has 1 amide bonds. The molecule has 1 saturated heterocycles. The molecule has 1 aliphatic heterocycles. The van der Waals surface area contributed by atoms with Crippen molar-refractivity contribution in [2.75, 3.05) is 37.7 Å². The van der Waals surface area contributed by atoms with E-state index in [0.717, 1.165) is 51.4 Å². The highest BCUT2D eigenvalue weighted by Crippen LogP contribution is 2.31. The number of halogens is 2. The lowest BCUT2D eigenvalue weighted by atomic mass is 9.84. The lowest BCUT2D eigenvalue weighted by molar-refractivity contribution is -0.121. The van der Waals surface area contributed by atoms with Gasteiger partial charge in [-0.3, -0.25) is 9.36 Å². The van der Waals surface area contributed by atoms with E-state index in [1.807, 2.05) is 11.8 Å². The Hall–Kier alpha value is -3.42. The highest BCUT2D eigenvalue weighted by Gasteiger charge is 2.30. The topological polar surface area (TPSA) is 127 Å². The maximum Gasteiger partial charge on any atom is 0.296 e. The zero-order valence-electron chi connectivity index (χ0n) is 25.1. The Bertz CT molecular complexity index is 1430. The van der Waals surface area contributed by atoms with Gasteiger partial charge in [0.25, 0.3) is 6.43 Å². The van der Waals surface area contributed by atoms with Gasteiger partial charge in [-0.15, -0.1) is 0 Å². The molecule has 0 radical (unpaired) electrons. The van der Waals surface area contributed by atoms with Crippen LogP contribution in [0.1, 0.15) is 70.5 Å². The number of benzene rings is 1. The number of aromatic nitrogens is 4. The van der Waals surface area contributed by atoms with Crippen molar-refractivity contribution in [3.8, 4) is 11.7 Å². The van der Waals surface area contributed by atoms with Crippen LogP contribution in [-0.2, 0) is 9.53 Å². The molecular weight excluding hydrogens is 572 g/mol. The molecule has 44 heavy (non-hydrogen) atoms. The smallest absolute Gasteiger partial charge is 0.296 e. The van der Waals surface area contributed by atoms with Gasteiger partial charge in [0, 0.05) is 31.2 Å². The Balaban J connectivity index is 1.11. The predicted molar refractivity (Wildman–Crippen MR) is 160 cm³/mol. The van der Waals surface area contributed by atoms with Crippen LogP contribution >= 0.6 is 0 Å². The van der Waals surface area contributed by atoms with Gasteiger partial charge in [0.05, 0.1) is 36.4 Å². The van der Waals surface area contributed by atoms with E-state index in [4.69, 9.17) is 14.5 Å². The van der Waals surface area contributed by atoms with Gasteiger partial charge < -0.3 is 30.1 Å². The minimum absolute atomic E-state index is 0.0234. The van der Waals surface area contributed by atoms with Crippen molar-refractivity contribution in [3.05, 3.63) is 36.2 Å². The standard InChI is InChI=1S/C31H41F2N7O4/c1-31(42)12-10-20(11-13-31)34-19-26(41)35-21-6-8-22(9-7-21)44-27-18-25(37-30(38-27)39-14-16-43-17-15-39)40-24-5-3-2-4-23(24)36-29(40)28(32)33/h2-5,18,20-22,28,34,42H,6-17,19H2,1H3,(H,35,41)/t20-,21-,22-,31+. The molecule has 6 rings (SSSR count). The summed E-state index contributed by atoms with van der Waals surface area (Å²) < 4.78 is 41.5. The Morgan fingerprint density at radius 2 is 1.80 bits per heavy atom. The molecule has 0 unspecified atom stereocenters. The summed E-state index contributed by atoms with van der Waals surface area (Å²) in [6.07, 6.45) is 3.24. The Morgan fingerprint density at radius 3 is 2.52 bits per heavy atom. The third kappa shape index (κ3) is 7.27. The van der Waals surface area contributed by atoms with Gasteiger partial charge in [0.15, 0.2) is 5.82 Å². The van der Waals surface area contributed by atoms with E-state index in [2.05, 4.69) is 20.6 Å². The van der Waals surface area contributed by atoms with Crippen molar-refractivity contribution >= 4 is 22.9 Å². The molecule has 2 aromatic heterocycles. The number of amides is 1. The fourth-order valence-electron chi connectivity index (χ4n) is 6.37. The molecule has 3 N–H and O–H groups in total. The first-order valence-corrected chi connectivity index (χ1v) is 15.6. The van der Waals surface area contributed by atoms with Crippen molar-refractivity contribution in [1.82, 2.24) is 30.2 Å². The number of hydrogen-bond donors (Lipinski definition) is 3. The minimum Gasteiger partial charge on any atom is -0.474 e. The molecule has 3 aromatic rings. The number of aliphatic hydroxyl groups is 1. The predicted octanol–water partition coefficient (Wildman–Crippen LogP) is 3.68. The zero-order valence-corrected chi connectivity index (χ0v) is 25.1. The van der Waals surface area contributed by atoms with Crippen LogP contribution in [0.25, 0.3) is 16.9 Å². The van der Waals surface area contributed by atoms with Gasteiger partial charge in [0.1, 0.15) is 11.9 Å². The summed E-state index contributed by atoms with van der Waals surface area (Å²) in [5, 5.41) is 16.6. The van der Waals surface area contributed by atoms with Gasteiger partial charge in [-0.25, -0.2) is 13.8 Å². The van der Waals surface area contributed by atoms with E-state index in [9.17, 15) is 18.7 Å². The van der Waals surface area contributed by atoms with Crippen LogP contribution in [0.5, 0.6) is 5.88 Å². The van der Waals surface area contributed by atoms with E-state index in [-0.39, 0.29) is 42.3 Å². The first-order chi connectivity index (χ1) is 21.2. The number of anilines is 1. The Morgan fingerprint density at radius 1 is 1.07 bits per heavy atom. The molecule has 0 bridgehead atoms. The third-order valence-corrected chi connectivity index (χ3v) is 8.92. The molecule has 0 spiro atoms. The van der Waals surface area contributed by atoms with Crippen molar-refractivity contribution < 1.29 is 28.2 Å². The highest BCUT2D eigenvalue weighted by atomic mass is 19.3. The molecule has 1 aromatic carbocycles. The van der Waals surface area contributed by atoms with E-state index in [1.165, 1.54) is 4.57 Å². The normalized spacial score (nSPS) is 26.2. The summed E-state index contributed by atoms with van der Waals surface area (Å²) in [5.74, 6) is 0.580. The number of rotatable bonds is 9. The second kappa shape index (κ2) is 13.3. The molecule has 11 nitrogen and oxygen atoms in total. The van der Waals surface area contributed by atoms with Crippen molar-refractivity contribution in [2.24, 2.45) is 0 Å². The number of hydrogen-bond acceptors (Lipinski definition) is 9. The van der Waals surface area contributed by atoms with E-state index in [1.54, 1.807) is 30.3 Å². The number of carbonyl (C=O) groups excluding carboxylic acids is 1. The van der Waals surface area contributed by atoms with Crippen LogP contribution in [-0.4, -0.2) is 87.2 Å². The number of nitrogens with one attached hydrogen (secondary N) is 2. The molecule has 13 heteroatoms. The van der Waals surface area contributed by atoms with Crippen LogP contribution in [0, 0.1) is 0 Å². The number of imidazole rings is 1. The van der Waals surface area contributed by atoms with Gasteiger partial charge in [-0.1, -0.05) is 12.1 Å². The number of fused-ring (bicyclic) bond motifs is 1. The van der Waals surface area contributed by atoms with Gasteiger partial charge in [-0.2, -0.15) is 9.97 Å². The van der Waals surface area contributed by atoms with Crippen molar-refractivity contribution in [1.29, 1.82) is 0 Å². The van der Waals surface area contributed by atoms with Crippen LogP contribution in [0.3, 0.4) is 0 Å². The molecule has 238 valence electrons. The molecule has 3 fully saturated rings. The van der Waals surface area contributed by atoms with Crippen LogP contribution < -0.4 is 20.3 Å². The van der Waals surface area contributed by atoms with E-state index < -0.39 is 12.0 Å². The summed E-state index contributed by atoms with van der Waals surface area (Å²) in [5.41, 5.74) is 0.391. The molecule has 3 aliphatic rings. The first-order valence-electron chi connectivity index (χ1n) is 15.6. The monoisotopic (exact) mass is 613 g/mol. The third-order valence-electron chi connectivity index (χ3n) is 8.92. The Labute approximate surface area is 255 Å². The fraction of sp³-hybridized carbons (Fsp3) is 0.613. The summed E-state index contributed by atoms with van der Waals surface area (Å²) in [7, 11) is 0. The maximum absolute atomic E-state index is 14.1. The average Bonchev–Trinajstić information content (AvgIpc) is 3.42. The SMILES string of the molecule is C[C@]1(O)CC[C@@H](NCC(=O)N[C@H]2CC[C@H](Oc3cc(-n4c(C(F)F)nc5ccccc54)nc(N4CCOCC4)n3)CC2)CC1. The van der Waals surface area contributed by atoms with Crippen molar-refractivity contribution in [2.45, 2.75) is 88.5 Å². The molecule has 2 saturated carbocycles. The van der Waals surface area contributed by atoms with Gasteiger partial charge in [-0.05, 0) is 70.4 Å². The van der Waals surface area contributed by atoms with E-state index >= 15 is 0 Å². The summed E-state index contributed by atoms with van der Waals surface area (Å²) in [6, 6.07) is 8.92. The number of alkyl halides is 2. The molecule has 2 aliphatic carbocycles. The second-order valence-electron chi connectivity index (χ2n) is 12.4.